The molecule has 31 heavy (non-hydrogen) atoms. The van der Waals surface area contributed by atoms with Gasteiger partial charge in [-0.1, -0.05) is 37.5 Å². The van der Waals surface area contributed by atoms with E-state index in [0.717, 1.165) is 19.3 Å². The zero-order valence-corrected chi connectivity index (χ0v) is 17.4. The Kier molecular flexibility index (Phi) is 7.28. The summed E-state index contributed by atoms with van der Waals surface area (Å²) in [4.78, 5) is 24.1. The molecular formula is C24H26FNO5. The molecule has 1 amide bonds. The van der Waals surface area contributed by atoms with E-state index in [9.17, 15) is 19.1 Å². The van der Waals surface area contributed by atoms with Crippen molar-refractivity contribution in [3.63, 3.8) is 0 Å². The Labute approximate surface area is 180 Å². The lowest BCUT2D eigenvalue weighted by molar-refractivity contribution is -0.148. The summed E-state index contributed by atoms with van der Waals surface area (Å²) in [7, 11) is 1.50. The van der Waals surface area contributed by atoms with E-state index in [1.54, 1.807) is 36.4 Å². The summed E-state index contributed by atoms with van der Waals surface area (Å²) in [6.07, 6.45) is 6.33. The molecule has 0 bridgehead atoms. The molecule has 0 unspecified atom stereocenters. The first-order chi connectivity index (χ1) is 14.9. The van der Waals surface area contributed by atoms with Gasteiger partial charge in [0, 0.05) is 6.08 Å². The van der Waals surface area contributed by atoms with E-state index < -0.39 is 17.4 Å². The van der Waals surface area contributed by atoms with Gasteiger partial charge in [-0.25, -0.2) is 9.18 Å². The maximum absolute atomic E-state index is 13.3. The highest BCUT2D eigenvalue weighted by Gasteiger charge is 2.40. The average Bonchev–Trinajstić information content (AvgIpc) is 2.77. The number of carbonyl (C=O) groups excluding carboxylic acids is 1. The molecule has 0 saturated heterocycles. The molecule has 0 aromatic heterocycles. The monoisotopic (exact) mass is 427 g/mol. The average molecular weight is 427 g/mol. The number of ether oxygens (including phenoxy) is 2. The SMILES string of the molecule is COc1cc(/C=C/C(=O)NC2(C(=O)O)CCCCC2)ccc1OCc1cccc(F)c1. The lowest BCUT2D eigenvalue weighted by Crippen LogP contribution is -2.55. The number of halogens is 1. The lowest BCUT2D eigenvalue weighted by atomic mass is 9.81. The Morgan fingerprint density at radius 3 is 2.58 bits per heavy atom. The molecule has 6 nitrogen and oxygen atoms in total. The summed E-state index contributed by atoms with van der Waals surface area (Å²) in [6.45, 7) is 0.184. The van der Waals surface area contributed by atoms with E-state index in [2.05, 4.69) is 5.32 Å². The highest BCUT2D eigenvalue weighted by atomic mass is 19.1. The highest BCUT2D eigenvalue weighted by Crippen LogP contribution is 2.30. The van der Waals surface area contributed by atoms with Crippen molar-refractivity contribution in [3.05, 3.63) is 65.5 Å². The molecule has 0 aliphatic heterocycles. The Balaban J connectivity index is 1.65. The van der Waals surface area contributed by atoms with Gasteiger partial charge in [0.2, 0.25) is 5.91 Å². The van der Waals surface area contributed by atoms with Crippen LogP contribution in [0.1, 0.15) is 43.2 Å². The number of methoxy groups -OCH3 is 1. The first-order valence-corrected chi connectivity index (χ1v) is 10.2. The van der Waals surface area contributed by atoms with Crippen LogP contribution in [0.15, 0.2) is 48.5 Å². The molecule has 164 valence electrons. The molecule has 0 heterocycles. The van der Waals surface area contributed by atoms with E-state index in [4.69, 9.17) is 9.47 Å². The van der Waals surface area contributed by atoms with Crippen molar-refractivity contribution in [1.82, 2.24) is 5.32 Å². The third kappa shape index (κ3) is 5.84. The van der Waals surface area contributed by atoms with Crippen LogP contribution in [0, 0.1) is 5.82 Å². The predicted octanol–water partition coefficient (Wildman–Crippen LogP) is 4.33. The summed E-state index contributed by atoms with van der Waals surface area (Å²) in [5.41, 5.74) is 0.197. The fourth-order valence-electron chi connectivity index (χ4n) is 3.69. The number of benzene rings is 2. The number of hydrogen-bond acceptors (Lipinski definition) is 4. The predicted molar refractivity (Wildman–Crippen MR) is 114 cm³/mol. The number of nitrogens with one attached hydrogen (secondary N) is 1. The van der Waals surface area contributed by atoms with Gasteiger partial charge in [-0.3, -0.25) is 4.79 Å². The number of carbonyl (C=O) groups is 2. The molecule has 3 rings (SSSR count). The van der Waals surface area contributed by atoms with Gasteiger partial charge >= 0.3 is 5.97 Å². The van der Waals surface area contributed by atoms with Crippen LogP contribution in [-0.2, 0) is 16.2 Å². The number of hydrogen-bond donors (Lipinski definition) is 2. The van der Waals surface area contributed by atoms with Crippen molar-refractivity contribution in [3.8, 4) is 11.5 Å². The van der Waals surface area contributed by atoms with Crippen LogP contribution in [0.5, 0.6) is 11.5 Å². The van der Waals surface area contributed by atoms with Crippen LogP contribution < -0.4 is 14.8 Å². The second-order valence-corrected chi connectivity index (χ2v) is 7.60. The van der Waals surface area contributed by atoms with Crippen molar-refractivity contribution >= 4 is 18.0 Å². The maximum Gasteiger partial charge on any atom is 0.329 e. The Morgan fingerprint density at radius 2 is 1.90 bits per heavy atom. The van der Waals surface area contributed by atoms with E-state index in [-0.39, 0.29) is 12.4 Å². The lowest BCUT2D eigenvalue weighted by Gasteiger charge is -2.33. The van der Waals surface area contributed by atoms with Gasteiger partial charge in [-0.15, -0.1) is 0 Å². The Bertz CT molecular complexity index is 966. The first-order valence-electron chi connectivity index (χ1n) is 10.2. The smallest absolute Gasteiger partial charge is 0.329 e. The number of carboxylic acids is 1. The topological polar surface area (TPSA) is 84.9 Å². The molecule has 1 saturated carbocycles. The van der Waals surface area contributed by atoms with Gasteiger partial charge in [0.1, 0.15) is 18.0 Å². The standard InChI is InChI=1S/C24H26FNO5/c1-30-21-15-17(8-10-20(21)31-16-18-6-5-7-19(25)14-18)9-11-22(27)26-24(23(28)29)12-3-2-4-13-24/h5-11,14-15H,2-4,12-13,16H2,1H3,(H,26,27)(H,28,29)/b11-9+. The molecule has 2 N–H and O–H groups in total. The van der Waals surface area contributed by atoms with E-state index >= 15 is 0 Å². The minimum absolute atomic E-state index is 0.184. The molecule has 2 aromatic carbocycles. The molecule has 0 spiro atoms. The van der Waals surface area contributed by atoms with Gasteiger partial charge in [-0.2, -0.15) is 0 Å². The molecule has 1 fully saturated rings. The van der Waals surface area contributed by atoms with Crippen LogP contribution >= 0.6 is 0 Å². The van der Waals surface area contributed by atoms with E-state index in [0.29, 0.717) is 35.5 Å². The molecule has 1 aliphatic rings. The third-order valence-electron chi connectivity index (χ3n) is 5.38. The Hall–Kier alpha value is -3.35. The van der Waals surface area contributed by atoms with E-state index in [1.165, 1.54) is 25.3 Å². The third-order valence-corrected chi connectivity index (χ3v) is 5.38. The molecule has 0 atom stereocenters. The van der Waals surface area contributed by atoms with Crippen molar-refractivity contribution in [2.75, 3.05) is 7.11 Å². The van der Waals surface area contributed by atoms with Crippen molar-refractivity contribution in [2.45, 2.75) is 44.2 Å². The molecule has 0 radical (unpaired) electrons. The fraction of sp³-hybridized carbons (Fsp3) is 0.333. The largest absolute Gasteiger partial charge is 0.493 e. The van der Waals surface area contributed by atoms with Gasteiger partial charge in [0.15, 0.2) is 11.5 Å². The quantitative estimate of drug-likeness (QED) is 0.613. The highest BCUT2D eigenvalue weighted by molar-refractivity contribution is 5.95. The minimum atomic E-state index is -1.19. The second-order valence-electron chi connectivity index (χ2n) is 7.60. The van der Waals surface area contributed by atoms with Crippen LogP contribution in [0.4, 0.5) is 4.39 Å². The summed E-state index contributed by atoms with van der Waals surface area (Å²) in [5, 5.41) is 12.3. The number of aliphatic carboxylic acids is 1. The zero-order chi connectivity index (χ0) is 22.3. The molecule has 7 heteroatoms. The molecular weight excluding hydrogens is 401 g/mol. The number of carboxylic acid groups (broad SMARTS) is 1. The fourth-order valence-corrected chi connectivity index (χ4v) is 3.69. The van der Waals surface area contributed by atoms with Crippen molar-refractivity contribution in [1.29, 1.82) is 0 Å². The summed E-state index contributed by atoms with van der Waals surface area (Å²) >= 11 is 0. The second kappa shape index (κ2) is 10.1. The Morgan fingerprint density at radius 1 is 1.13 bits per heavy atom. The van der Waals surface area contributed by atoms with Crippen molar-refractivity contribution < 1.29 is 28.6 Å². The summed E-state index contributed by atoms with van der Waals surface area (Å²) < 4.78 is 24.4. The van der Waals surface area contributed by atoms with Crippen LogP contribution in [0.3, 0.4) is 0 Å². The summed E-state index contributed by atoms with van der Waals surface area (Å²) in [5.74, 6) is -0.816. The first kappa shape index (κ1) is 22.3. The van der Waals surface area contributed by atoms with Crippen LogP contribution in [0.25, 0.3) is 6.08 Å². The van der Waals surface area contributed by atoms with Crippen LogP contribution in [0.2, 0.25) is 0 Å². The summed E-state index contributed by atoms with van der Waals surface area (Å²) in [6, 6.07) is 11.3. The van der Waals surface area contributed by atoms with Gasteiger partial charge in [0.05, 0.1) is 7.11 Å². The molecule has 2 aromatic rings. The zero-order valence-electron chi connectivity index (χ0n) is 17.4. The van der Waals surface area contributed by atoms with Gasteiger partial charge in [0.25, 0.3) is 0 Å². The maximum atomic E-state index is 13.3. The minimum Gasteiger partial charge on any atom is -0.493 e. The van der Waals surface area contributed by atoms with E-state index in [1.807, 2.05) is 0 Å². The number of rotatable bonds is 8. The van der Waals surface area contributed by atoms with Crippen molar-refractivity contribution in [2.24, 2.45) is 0 Å². The van der Waals surface area contributed by atoms with Gasteiger partial charge < -0.3 is 19.9 Å². The normalized spacial score (nSPS) is 15.4. The van der Waals surface area contributed by atoms with Gasteiger partial charge in [-0.05, 0) is 54.3 Å². The molecule has 1 aliphatic carbocycles. The van der Waals surface area contributed by atoms with Crippen LogP contribution in [-0.4, -0.2) is 29.6 Å². The number of amides is 1.